The van der Waals surface area contributed by atoms with E-state index in [-0.39, 0.29) is 37.4 Å². The summed E-state index contributed by atoms with van der Waals surface area (Å²) < 4.78 is 36.1. The van der Waals surface area contributed by atoms with Gasteiger partial charge in [0.2, 0.25) is 5.69 Å². The summed E-state index contributed by atoms with van der Waals surface area (Å²) in [5, 5.41) is 10.4. The Morgan fingerprint density at radius 3 is 1.65 bits per heavy atom. The fraction of sp³-hybridized carbons (Fsp3) is 0.345. The molecule has 0 radical (unpaired) electrons. The Morgan fingerprint density at radius 1 is 0.689 bits per heavy atom. The van der Waals surface area contributed by atoms with Crippen LogP contribution in [0.25, 0.3) is 16.0 Å². The molecule has 2 aliphatic carbocycles. The maximum Gasteiger partial charge on any atom is 0.305 e. The largest absolute Gasteiger partial charge is 0.488 e. The Bertz CT molecular complexity index is 2880. The summed E-state index contributed by atoms with van der Waals surface area (Å²) in [6.45, 7) is 10.1. The summed E-state index contributed by atoms with van der Waals surface area (Å²) in [6.07, 6.45) is 10.9. The number of pyridine rings is 2. The van der Waals surface area contributed by atoms with E-state index in [9.17, 15) is 14.9 Å². The van der Waals surface area contributed by atoms with Gasteiger partial charge in [0.15, 0.2) is 0 Å². The smallest absolute Gasteiger partial charge is 0.305 e. The summed E-state index contributed by atoms with van der Waals surface area (Å²) in [5.74, 6) is 1.70. The van der Waals surface area contributed by atoms with Gasteiger partial charge in [-0.2, -0.15) is 5.26 Å². The minimum absolute atomic E-state index is 0.180. The van der Waals surface area contributed by atoms with E-state index in [1.165, 1.54) is 37.7 Å². The molecule has 0 aliphatic heterocycles. The van der Waals surface area contributed by atoms with E-state index in [1.807, 2.05) is 38.4 Å². The van der Waals surface area contributed by atoms with Crippen LogP contribution >= 0.6 is 23.2 Å². The highest BCUT2D eigenvalue weighted by Gasteiger charge is 2.32. The maximum atomic E-state index is 11.8. The Hall–Kier alpha value is -7.20. The molecule has 2 aliphatic rings. The van der Waals surface area contributed by atoms with Gasteiger partial charge in [0, 0.05) is 79.5 Å². The summed E-state index contributed by atoms with van der Waals surface area (Å²) >= 11 is 14.1. The highest BCUT2D eigenvalue weighted by Crippen LogP contribution is 2.47. The van der Waals surface area contributed by atoms with Crippen molar-refractivity contribution in [1.29, 1.82) is 5.26 Å². The highest BCUT2D eigenvalue weighted by molar-refractivity contribution is 6.32. The molecule has 16 heteroatoms. The second kappa shape index (κ2) is 25.2. The van der Waals surface area contributed by atoms with E-state index in [1.54, 1.807) is 24.5 Å². The average Bonchev–Trinajstić information content (AvgIpc) is 4.03. The van der Waals surface area contributed by atoms with E-state index < -0.39 is 0 Å². The van der Waals surface area contributed by atoms with Gasteiger partial charge in [-0.05, 0) is 129 Å². The predicted octanol–water partition coefficient (Wildman–Crippen LogP) is 11.9. The first kappa shape index (κ1) is 53.1. The molecular formula is C58H58Cl2N6O8. The lowest BCUT2D eigenvalue weighted by Gasteiger charge is -2.22. The average molecular weight is 1040 g/mol. The molecule has 0 spiro atoms. The Morgan fingerprint density at radius 2 is 1.18 bits per heavy atom. The van der Waals surface area contributed by atoms with Crippen molar-refractivity contribution in [3.8, 4) is 40.2 Å². The molecule has 0 amide bonds. The van der Waals surface area contributed by atoms with Crippen LogP contribution in [0.15, 0.2) is 97.6 Å². The van der Waals surface area contributed by atoms with E-state index in [0.29, 0.717) is 96.2 Å². The Balaban J connectivity index is 1.01. The number of halogens is 2. The fourth-order valence-electron chi connectivity index (χ4n) is 9.63. The monoisotopic (exact) mass is 1040 g/mol. The first-order chi connectivity index (χ1) is 35.9. The van der Waals surface area contributed by atoms with Crippen LogP contribution in [0.1, 0.15) is 101 Å². The Kier molecular flexibility index (Phi) is 18.1. The molecule has 0 saturated heterocycles. The number of aromatic nitrogens is 2. The molecule has 4 aromatic carbocycles. The molecule has 2 atom stereocenters. The minimum atomic E-state index is -0.263. The number of methoxy groups -OCH3 is 2. The van der Waals surface area contributed by atoms with Crippen molar-refractivity contribution in [2.45, 2.75) is 89.9 Å². The van der Waals surface area contributed by atoms with Crippen LogP contribution < -0.4 is 18.9 Å². The summed E-state index contributed by atoms with van der Waals surface area (Å²) in [5.41, 5.74) is 11.1. The third kappa shape index (κ3) is 13.3. The van der Waals surface area contributed by atoms with Gasteiger partial charge in [0.1, 0.15) is 54.5 Å². The van der Waals surface area contributed by atoms with Crippen molar-refractivity contribution in [2.24, 2.45) is 0 Å². The summed E-state index contributed by atoms with van der Waals surface area (Å²) in [7, 11) is 6.74. The molecule has 2 heterocycles. The van der Waals surface area contributed by atoms with Gasteiger partial charge in [-0.25, -0.2) is 4.85 Å². The number of ether oxygens (including phenoxy) is 6. The maximum absolute atomic E-state index is 11.8. The molecule has 0 unspecified atom stereocenters. The van der Waals surface area contributed by atoms with Gasteiger partial charge in [-0.15, -0.1) is 0 Å². The van der Waals surface area contributed by atoms with Crippen molar-refractivity contribution >= 4 is 40.8 Å². The van der Waals surface area contributed by atoms with Crippen molar-refractivity contribution in [1.82, 2.24) is 19.8 Å². The standard InChI is InChI=1S/C58H58Cl2N6O8/c1-62-42-23-39(31-64-32-42)36-72-54-27-56(50(60)25-41(54)34-66(3)21-9-15-58(68)70-5)74-52-19-17-46-44(11-7-13-48(46)52)43-10-6-12-47-45(43)16-18-51(47)73-55-26-53(71-35-38-22-37(28-61)29-63-30-38)40(24-49(55)59)33-65(2)20-8-14-57(67)69-4/h6-7,10-13,22-27,29-32,51-52H,8-9,14-21,33-36H2,2-5H3/t51-,52-/m0/s1. The van der Waals surface area contributed by atoms with E-state index in [0.717, 1.165) is 70.2 Å². The van der Waals surface area contributed by atoms with Crippen molar-refractivity contribution in [3.63, 3.8) is 0 Å². The summed E-state index contributed by atoms with van der Waals surface area (Å²) in [6, 6.07) is 25.9. The van der Waals surface area contributed by atoms with Crippen molar-refractivity contribution in [3.05, 3.63) is 169 Å². The number of hydrogen-bond donors (Lipinski definition) is 0. The molecule has 74 heavy (non-hydrogen) atoms. The molecule has 0 fully saturated rings. The highest BCUT2D eigenvalue weighted by atomic mass is 35.5. The van der Waals surface area contributed by atoms with E-state index in [2.05, 4.69) is 67.1 Å². The molecule has 14 nitrogen and oxygen atoms in total. The molecule has 6 aromatic rings. The number of nitrogens with zero attached hydrogens (tertiary/aromatic N) is 6. The van der Waals surface area contributed by atoms with Crippen LogP contribution in [0, 0.1) is 17.9 Å². The molecule has 382 valence electrons. The van der Waals surface area contributed by atoms with E-state index in [4.69, 9.17) is 58.2 Å². The van der Waals surface area contributed by atoms with Crippen LogP contribution in [0.2, 0.25) is 10.0 Å². The second-order valence-corrected chi connectivity index (χ2v) is 19.4. The predicted molar refractivity (Wildman–Crippen MR) is 281 cm³/mol. The lowest BCUT2D eigenvalue weighted by Crippen LogP contribution is -2.20. The quantitative estimate of drug-likeness (QED) is 0.0443. The lowest BCUT2D eigenvalue weighted by molar-refractivity contribution is -0.141. The van der Waals surface area contributed by atoms with Crippen LogP contribution in [0.4, 0.5) is 5.69 Å². The van der Waals surface area contributed by atoms with Gasteiger partial charge < -0.3 is 38.2 Å². The number of benzene rings is 4. The van der Waals surface area contributed by atoms with Gasteiger partial charge in [0.25, 0.3) is 0 Å². The fourth-order valence-corrected chi connectivity index (χ4v) is 10.1. The SMILES string of the molecule is [C-]#[N+]c1cncc(COc2cc(O[C@H]3CCc4c(-c5cccc6c5CC[C@@H]6Oc5cc(OCc6cncc(C#N)c6)c(CN(C)CCCC(=O)OC)cc5Cl)cccc43)c(Cl)cc2CN(C)CCCC(=O)OC)c1. The third-order valence-electron chi connectivity index (χ3n) is 13.3. The summed E-state index contributed by atoms with van der Waals surface area (Å²) in [4.78, 5) is 39.7. The number of esters is 2. The topological polar surface area (TPSA) is 150 Å². The molecular weight excluding hydrogens is 980 g/mol. The van der Waals surface area contributed by atoms with Gasteiger partial charge in [-0.3, -0.25) is 19.6 Å². The number of nitriles is 1. The second-order valence-electron chi connectivity index (χ2n) is 18.6. The van der Waals surface area contributed by atoms with Crippen LogP contribution in [-0.4, -0.2) is 73.1 Å². The zero-order valence-electron chi connectivity index (χ0n) is 42.0. The number of carbonyl (C=O) groups excluding carboxylic acids is 2. The molecule has 2 aromatic heterocycles. The lowest BCUT2D eigenvalue weighted by atomic mass is 9.91. The third-order valence-corrected chi connectivity index (χ3v) is 13.9. The van der Waals surface area contributed by atoms with Gasteiger partial charge in [-0.1, -0.05) is 59.6 Å². The zero-order chi connectivity index (χ0) is 52.1. The number of hydrogen-bond acceptors (Lipinski definition) is 13. The number of fused-ring (bicyclic) bond motifs is 2. The number of carbonyl (C=O) groups is 2. The van der Waals surface area contributed by atoms with E-state index >= 15 is 0 Å². The normalized spacial score (nSPS) is 14.5. The first-order valence-corrected chi connectivity index (χ1v) is 25.3. The molecule has 0 N–H and O–H groups in total. The molecule has 8 rings (SSSR count). The van der Waals surface area contributed by atoms with Gasteiger partial charge >= 0.3 is 11.9 Å². The Labute approximate surface area is 442 Å². The first-order valence-electron chi connectivity index (χ1n) is 24.6. The molecule has 0 bridgehead atoms. The van der Waals surface area contributed by atoms with Crippen LogP contribution in [0.5, 0.6) is 23.0 Å². The number of rotatable bonds is 23. The van der Waals surface area contributed by atoms with Crippen molar-refractivity contribution < 1.29 is 38.0 Å². The van der Waals surface area contributed by atoms with Crippen LogP contribution in [-0.2, 0) is 58.2 Å². The van der Waals surface area contributed by atoms with Crippen molar-refractivity contribution in [2.75, 3.05) is 41.4 Å². The molecule has 0 saturated carbocycles. The van der Waals surface area contributed by atoms with Crippen LogP contribution in [0.3, 0.4) is 0 Å². The minimum Gasteiger partial charge on any atom is -0.488 e. The van der Waals surface area contributed by atoms with Gasteiger partial charge in [0.05, 0.1) is 36.4 Å². The zero-order valence-corrected chi connectivity index (χ0v) is 43.5.